The Morgan fingerprint density at radius 2 is 2.64 bits per heavy atom. The van der Waals surface area contributed by atoms with Gasteiger partial charge in [-0.2, -0.15) is 0 Å². The second-order valence-corrected chi connectivity index (χ2v) is 3.38. The molecule has 0 amide bonds. The normalized spacial score (nSPS) is 28.9. The van der Waals surface area contributed by atoms with Gasteiger partial charge in [-0.3, -0.25) is 4.68 Å². The van der Waals surface area contributed by atoms with E-state index in [2.05, 4.69) is 10.3 Å². The molecule has 0 aliphatic heterocycles. The summed E-state index contributed by atoms with van der Waals surface area (Å²) in [5, 5.41) is 7.90. The zero-order valence-corrected chi connectivity index (χ0v) is 7.12. The van der Waals surface area contributed by atoms with Gasteiger partial charge in [-0.05, 0) is 12.3 Å². The highest BCUT2D eigenvalue weighted by Crippen LogP contribution is 2.46. The average molecular weight is 172 g/mol. The van der Waals surface area contributed by atoms with E-state index in [0.29, 0.717) is 11.8 Å². The number of alkyl halides is 1. The number of nitrogens with zero attached hydrogens (tertiary/aromatic N) is 3. The summed E-state index contributed by atoms with van der Waals surface area (Å²) in [5.41, 5.74) is 1.10. The van der Waals surface area contributed by atoms with Gasteiger partial charge in [0.15, 0.2) is 0 Å². The van der Waals surface area contributed by atoms with Crippen LogP contribution in [0, 0.1) is 5.92 Å². The molecule has 3 nitrogen and oxygen atoms in total. The molecule has 1 aliphatic rings. The Bertz CT molecular complexity index is 258. The Hall–Kier alpha value is -0.570. The predicted molar refractivity (Wildman–Crippen MR) is 42.6 cm³/mol. The summed E-state index contributed by atoms with van der Waals surface area (Å²) in [6.07, 6.45) is 3.15. The van der Waals surface area contributed by atoms with Crippen LogP contribution in [0.2, 0.25) is 0 Å². The summed E-state index contributed by atoms with van der Waals surface area (Å²) >= 11 is 5.70. The molecule has 60 valence electrons. The SMILES string of the molecule is Cn1cc(C2CC2CCl)nn1. The first-order valence-electron chi connectivity index (χ1n) is 3.73. The fourth-order valence-electron chi connectivity index (χ4n) is 1.32. The van der Waals surface area contributed by atoms with Gasteiger partial charge < -0.3 is 0 Å². The molecular formula is C7H10ClN3. The smallest absolute Gasteiger partial charge is 0.0861 e. The molecule has 1 saturated carbocycles. The lowest BCUT2D eigenvalue weighted by atomic mass is 10.3. The van der Waals surface area contributed by atoms with Gasteiger partial charge in [0.2, 0.25) is 0 Å². The highest BCUT2D eigenvalue weighted by molar-refractivity contribution is 6.18. The van der Waals surface area contributed by atoms with Gasteiger partial charge in [-0.15, -0.1) is 16.7 Å². The molecule has 2 unspecified atom stereocenters. The van der Waals surface area contributed by atoms with E-state index in [1.54, 1.807) is 4.68 Å². The minimum absolute atomic E-state index is 0.584. The van der Waals surface area contributed by atoms with Crippen molar-refractivity contribution in [2.24, 2.45) is 13.0 Å². The van der Waals surface area contributed by atoms with E-state index in [1.165, 1.54) is 6.42 Å². The van der Waals surface area contributed by atoms with E-state index in [4.69, 9.17) is 11.6 Å². The molecule has 1 aliphatic carbocycles. The van der Waals surface area contributed by atoms with Crippen LogP contribution in [0.15, 0.2) is 6.20 Å². The monoisotopic (exact) mass is 171 g/mol. The highest BCUT2D eigenvalue weighted by atomic mass is 35.5. The van der Waals surface area contributed by atoms with Crippen LogP contribution in [-0.4, -0.2) is 20.9 Å². The van der Waals surface area contributed by atoms with Crippen LogP contribution in [0.3, 0.4) is 0 Å². The molecule has 0 saturated heterocycles. The lowest BCUT2D eigenvalue weighted by Gasteiger charge is -1.87. The molecule has 4 heteroatoms. The molecule has 0 spiro atoms. The molecule has 1 aromatic rings. The van der Waals surface area contributed by atoms with Crippen LogP contribution in [0.25, 0.3) is 0 Å². The molecule has 2 rings (SSSR count). The van der Waals surface area contributed by atoms with Crippen LogP contribution < -0.4 is 0 Å². The minimum Gasteiger partial charge on any atom is -0.255 e. The Kier molecular flexibility index (Phi) is 1.60. The zero-order valence-electron chi connectivity index (χ0n) is 6.37. The summed E-state index contributed by atoms with van der Waals surface area (Å²) < 4.78 is 1.74. The van der Waals surface area contributed by atoms with Gasteiger partial charge in [0, 0.05) is 25.0 Å². The van der Waals surface area contributed by atoms with E-state index >= 15 is 0 Å². The van der Waals surface area contributed by atoms with Crippen LogP contribution in [0.4, 0.5) is 0 Å². The lowest BCUT2D eigenvalue weighted by molar-refractivity contribution is 0.712. The van der Waals surface area contributed by atoms with Crippen LogP contribution in [0.1, 0.15) is 18.0 Å². The third kappa shape index (κ3) is 1.25. The summed E-state index contributed by atoms with van der Waals surface area (Å²) in [5.74, 6) is 1.98. The Morgan fingerprint density at radius 1 is 1.82 bits per heavy atom. The molecule has 0 radical (unpaired) electrons. The lowest BCUT2D eigenvalue weighted by Crippen LogP contribution is -1.85. The van der Waals surface area contributed by atoms with Gasteiger partial charge in [0.1, 0.15) is 0 Å². The van der Waals surface area contributed by atoms with Gasteiger partial charge in [0.25, 0.3) is 0 Å². The Labute approximate surface area is 70.3 Å². The summed E-state index contributed by atoms with van der Waals surface area (Å²) in [4.78, 5) is 0. The van der Waals surface area contributed by atoms with E-state index in [1.807, 2.05) is 13.2 Å². The largest absolute Gasteiger partial charge is 0.255 e. The molecule has 0 aromatic carbocycles. The highest BCUT2D eigenvalue weighted by Gasteiger charge is 2.39. The van der Waals surface area contributed by atoms with Crippen LogP contribution >= 0.6 is 11.6 Å². The molecule has 0 N–H and O–H groups in total. The third-order valence-electron chi connectivity index (χ3n) is 2.12. The topological polar surface area (TPSA) is 30.7 Å². The Balaban J connectivity index is 2.08. The first-order chi connectivity index (χ1) is 5.31. The number of halogens is 1. The molecule has 1 aromatic heterocycles. The summed E-state index contributed by atoms with van der Waals surface area (Å²) in [6, 6.07) is 0. The zero-order chi connectivity index (χ0) is 7.84. The van der Waals surface area contributed by atoms with Crippen molar-refractivity contribution in [3.05, 3.63) is 11.9 Å². The maximum absolute atomic E-state index is 5.70. The number of aromatic nitrogens is 3. The maximum atomic E-state index is 5.70. The van der Waals surface area contributed by atoms with Gasteiger partial charge in [-0.1, -0.05) is 5.21 Å². The van der Waals surface area contributed by atoms with E-state index in [-0.39, 0.29) is 0 Å². The summed E-state index contributed by atoms with van der Waals surface area (Å²) in [7, 11) is 1.88. The maximum Gasteiger partial charge on any atom is 0.0861 e. The number of hydrogen-bond donors (Lipinski definition) is 0. The second kappa shape index (κ2) is 2.48. The van der Waals surface area contributed by atoms with E-state index < -0.39 is 0 Å². The molecule has 0 bridgehead atoms. The van der Waals surface area contributed by atoms with Crippen molar-refractivity contribution < 1.29 is 0 Å². The summed E-state index contributed by atoms with van der Waals surface area (Å²) in [6.45, 7) is 0. The van der Waals surface area contributed by atoms with Crippen LogP contribution in [-0.2, 0) is 7.05 Å². The van der Waals surface area contributed by atoms with Gasteiger partial charge >= 0.3 is 0 Å². The number of hydrogen-bond acceptors (Lipinski definition) is 2. The minimum atomic E-state index is 0.584. The predicted octanol–water partition coefficient (Wildman–Crippen LogP) is 1.16. The average Bonchev–Trinajstić information content (AvgIpc) is 2.68. The molecular weight excluding hydrogens is 162 g/mol. The molecule has 2 atom stereocenters. The van der Waals surface area contributed by atoms with Crippen LogP contribution in [0.5, 0.6) is 0 Å². The molecule has 1 heterocycles. The second-order valence-electron chi connectivity index (χ2n) is 3.07. The fraction of sp³-hybridized carbons (Fsp3) is 0.714. The fourth-order valence-corrected chi connectivity index (χ4v) is 1.66. The third-order valence-corrected chi connectivity index (χ3v) is 2.52. The van der Waals surface area contributed by atoms with E-state index in [0.717, 1.165) is 11.6 Å². The van der Waals surface area contributed by atoms with Crippen molar-refractivity contribution >= 4 is 11.6 Å². The molecule has 11 heavy (non-hydrogen) atoms. The van der Waals surface area contributed by atoms with Crippen molar-refractivity contribution in [3.63, 3.8) is 0 Å². The Morgan fingerprint density at radius 3 is 3.09 bits per heavy atom. The van der Waals surface area contributed by atoms with E-state index in [9.17, 15) is 0 Å². The van der Waals surface area contributed by atoms with Crippen molar-refractivity contribution in [2.45, 2.75) is 12.3 Å². The van der Waals surface area contributed by atoms with Crippen molar-refractivity contribution in [3.8, 4) is 0 Å². The first-order valence-corrected chi connectivity index (χ1v) is 4.27. The van der Waals surface area contributed by atoms with Crippen molar-refractivity contribution in [1.29, 1.82) is 0 Å². The number of aryl methyl sites for hydroxylation is 1. The number of rotatable bonds is 2. The first kappa shape index (κ1) is 7.10. The van der Waals surface area contributed by atoms with Gasteiger partial charge in [0.05, 0.1) is 5.69 Å². The standard InChI is InChI=1S/C7H10ClN3/c1-11-4-7(9-10-11)6-2-5(6)3-8/h4-6H,2-3H2,1H3. The van der Waals surface area contributed by atoms with Gasteiger partial charge in [-0.25, -0.2) is 0 Å². The van der Waals surface area contributed by atoms with Crippen molar-refractivity contribution in [1.82, 2.24) is 15.0 Å². The quantitative estimate of drug-likeness (QED) is 0.626. The van der Waals surface area contributed by atoms with Crippen molar-refractivity contribution in [2.75, 3.05) is 5.88 Å². The molecule has 1 fully saturated rings.